The summed E-state index contributed by atoms with van der Waals surface area (Å²) >= 11 is 0. The van der Waals surface area contributed by atoms with Gasteiger partial charge in [0.25, 0.3) is 0 Å². The zero-order chi connectivity index (χ0) is 8.55. The van der Waals surface area contributed by atoms with E-state index < -0.39 is 0 Å². The van der Waals surface area contributed by atoms with Crippen molar-refractivity contribution in [2.75, 3.05) is 0 Å². The molecule has 0 spiro atoms. The molecule has 1 aliphatic carbocycles. The van der Waals surface area contributed by atoms with Gasteiger partial charge in [0.2, 0.25) is 0 Å². The van der Waals surface area contributed by atoms with Crippen LogP contribution in [0, 0.1) is 5.92 Å². The van der Waals surface area contributed by atoms with Crippen LogP contribution >= 0.6 is 0 Å². The standard InChI is InChI=1S/C8H13N3O/c9-11-7-4-2-1-3-6(7)5-10-8(11)12/h5-7H,1-4,9H2. The average Bonchev–Trinajstić information content (AvgIpc) is 2.12. The summed E-state index contributed by atoms with van der Waals surface area (Å²) < 4.78 is 0. The number of aliphatic imine (C=N–C) groups is 1. The molecule has 2 atom stereocenters. The predicted molar refractivity (Wildman–Crippen MR) is 45.7 cm³/mol. The van der Waals surface area contributed by atoms with Gasteiger partial charge in [-0.2, -0.15) is 0 Å². The van der Waals surface area contributed by atoms with Gasteiger partial charge in [0.1, 0.15) is 0 Å². The molecule has 0 saturated heterocycles. The van der Waals surface area contributed by atoms with Crippen molar-refractivity contribution in [1.82, 2.24) is 5.01 Å². The van der Waals surface area contributed by atoms with Crippen LogP contribution in [0.1, 0.15) is 25.7 Å². The van der Waals surface area contributed by atoms with E-state index in [-0.39, 0.29) is 12.1 Å². The number of rotatable bonds is 0. The van der Waals surface area contributed by atoms with E-state index in [0.717, 1.165) is 12.8 Å². The number of hydrazine groups is 1. The second-order valence-corrected chi connectivity index (χ2v) is 3.48. The number of nitrogens with zero attached hydrogens (tertiary/aromatic N) is 2. The topological polar surface area (TPSA) is 58.7 Å². The largest absolute Gasteiger partial charge is 0.357 e. The Bertz CT molecular complexity index is 226. The molecule has 66 valence electrons. The number of fused-ring (bicyclic) bond motifs is 1. The van der Waals surface area contributed by atoms with Crippen LogP contribution in [0.15, 0.2) is 4.99 Å². The molecule has 1 fully saturated rings. The molecule has 1 aliphatic heterocycles. The molecule has 1 saturated carbocycles. The van der Waals surface area contributed by atoms with E-state index in [4.69, 9.17) is 5.84 Å². The summed E-state index contributed by atoms with van der Waals surface area (Å²) in [7, 11) is 0. The molecule has 12 heavy (non-hydrogen) atoms. The Morgan fingerprint density at radius 3 is 3.08 bits per heavy atom. The second kappa shape index (κ2) is 2.86. The first-order valence-corrected chi connectivity index (χ1v) is 4.41. The fourth-order valence-electron chi connectivity index (χ4n) is 2.03. The average molecular weight is 167 g/mol. The quantitative estimate of drug-likeness (QED) is 0.431. The van der Waals surface area contributed by atoms with E-state index >= 15 is 0 Å². The van der Waals surface area contributed by atoms with Crippen LogP contribution < -0.4 is 5.84 Å². The smallest absolute Gasteiger partial charge is 0.257 e. The zero-order valence-electron chi connectivity index (χ0n) is 6.94. The van der Waals surface area contributed by atoms with Gasteiger partial charge in [0.15, 0.2) is 0 Å². The van der Waals surface area contributed by atoms with Crippen LogP contribution in [0.2, 0.25) is 0 Å². The van der Waals surface area contributed by atoms with E-state index in [1.807, 2.05) is 0 Å². The highest BCUT2D eigenvalue weighted by atomic mass is 16.2. The van der Waals surface area contributed by atoms with Crippen LogP contribution in [0.5, 0.6) is 0 Å². The summed E-state index contributed by atoms with van der Waals surface area (Å²) in [6.07, 6.45) is 6.33. The Labute approximate surface area is 71.4 Å². The van der Waals surface area contributed by atoms with Gasteiger partial charge in [-0.1, -0.05) is 12.8 Å². The Morgan fingerprint density at radius 2 is 2.25 bits per heavy atom. The van der Waals surface area contributed by atoms with Crippen molar-refractivity contribution in [2.45, 2.75) is 31.7 Å². The first-order chi connectivity index (χ1) is 5.79. The van der Waals surface area contributed by atoms with Crippen molar-refractivity contribution in [1.29, 1.82) is 0 Å². The maximum Gasteiger partial charge on any atom is 0.357 e. The highest BCUT2D eigenvalue weighted by Gasteiger charge is 2.33. The fraction of sp³-hybridized carbons (Fsp3) is 0.750. The summed E-state index contributed by atoms with van der Waals surface area (Å²) in [6, 6.07) is -0.0816. The number of hydrogen-bond acceptors (Lipinski definition) is 2. The van der Waals surface area contributed by atoms with E-state index in [1.54, 1.807) is 6.21 Å². The molecule has 1 heterocycles. The van der Waals surface area contributed by atoms with Gasteiger partial charge in [-0.15, -0.1) is 0 Å². The number of carbonyl (C=O) groups excluding carboxylic acids is 1. The lowest BCUT2D eigenvalue weighted by atomic mass is 9.84. The summed E-state index contributed by atoms with van der Waals surface area (Å²) in [6.45, 7) is 0. The van der Waals surface area contributed by atoms with E-state index in [2.05, 4.69) is 4.99 Å². The van der Waals surface area contributed by atoms with Crippen LogP contribution in [-0.4, -0.2) is 23.3 Å². The minimum atomic E-state index is -0.293. The number of carbonyl (C=O) groups is 1. The molecule has 2 rings (SSSR count). The summed E-state index contributed by atoms with van der Waals surface area (Å²) in [5.74, 6) is 6.01. The molecule has 2 N–H and O–H groups in total. The third kappa shape index (κ3) is 1.12. The maximum absolute atomic E-state index is 11.1. The first-order valence-electron chi connectivity index (χ1n) is 4.41. The maximum atomic E-state index is 11.1. The molecule has 0 radical (unpaired) electrons. The molecule has 4 nitrogen and oxygen atoms in total. The molecule has 0 bridgehead atoms. The van der Waals surface area contributed by atoms with Gasteiger partial charge in [0, 0.05) is 12.1 Å². The summed E-state index contributed by atoms with van der Waals surface area (Å²) in [5.41, 5.74) is 0. The van der Waals surface area contributed by atoms with Gasteiger partial charge in [-0.25, -0.2) is 15.6 Å². The van der Waals surface area contributed by atoms with Crippen molar-refractivity contribution in [3.63, 3.8) is 0 Å². The van der Waals surface area contributed by atoms with E-state index in [1.165, 1.54) is 17.9 Å². The lowest BCUT2D eigenvalue weighted by molar-refractivity contribution is 0.144. The van der Waals surface area contributed by atoms with Gasteiger partial charge >= 0.3 is 6.03 Å². The fourth-order valence-corrected chi connectivity index (χ4v) is 2.03. The molecular weight excluding hydrogens is 154 g/mol. The van der Waals surface area contributed by atoms with Crippen molar-refractivity contribution in [3.05, 3.63) is 0 Å². The summed E-state index contributed by atoms with van der Waals surface area (Å²) in [4.78, 5) is 14.8. The van der Waals surface area contributed by atoms with Crippen LogP contribution in [0.4, 0.5) is 4.79 Å². The highest BCUT2D eigenvalue weighted by molar-refractivity contribution is 5.87. The lowest BCUT2D eigenvalue weighted by Gasteiger charge is -2.36. The molecule has 2 unspecified atom stereocenters. The van der Waals surface area contributed by atoms with Crippen molar-refractivity contribution >= 4 is 12.2 Å². The van der Waals surface area contributed by atoms with Gasteiger partial charge in [-0.3, -0.25) is 5.01 Å². The molecule has 0 aromatic heterocycles. The molecule has 0 aromatic carbocycles. The lowest BCUT2D eigenvalue weighted by Crippen LogP contribution is -2.52. The molecule has 2 amide bonds. The van der Waals surface area contributed by atoms with Crippen LogP contribution in [0.3, 0.4) is 0 Å². The first kappa shape index (κ1) is 7.73. The number of nitrogens with two attached hydrogens (primary N) is 1. The minimum Gasteiger partial charge on any atom is -0.257 e. The van der Waals surface area contributed by atoms with E-state index in [0.29, 0.717) is 5.92 Å². The molecule has 0 aromatic rings. The minimum absolute atomic E-state index is 0.212. The van der Waals surface area contributed by atoms with Crippen molar-refractivity contribution in [2.24, 2.45) is 16.8 Å². The van der Waals surface area contributed by atoms with Crippen molar-refractivity contribution in [3.8, 4) is 0 Å². The van der Waals surface area contributed by atoms with Crippen molar-refractivity contribution < 1.29 is 4.79 Å². The second-order valence-electron chi connectivity index (χ2n) is 3.48. The van der Waals surface area contributed by atoms with Gasteiger partial charge < -0.3 is 0 Å². The third-order valence-electron chi connectivity index (χ3n) is 2.74. The third-order valence-corrected chi connectivity index (χ3v) is 2.74. The van der Waals surface area contributed by atoms with Crippen LogP contribution in [-0.2, 0) is 0 Å². The van der Waals surface area contributed by atoms with Gasteiger partial charge in [-0.05, 0) is 12.8 Å². The Balaban J connectivity index is 2.18. The zero-order valence-corrected chi connectivity index (χ0v) is 6.94. The Hall–Kier alpha value is -0.900. The monoisotopic (exact) mass is 167 g/mol. The molecule has 2 aliphatic rings. The molecule has 4 heteroatoms. The number of amides is 2. The summed E-state index contributed by atoms with van der Waals surface area (Å²) in [5, 5.41) is 1.30. The van der Waals surface area contributed by atoms with Gasteiger partial charge in [0.05, 0.1) is 6.04 Å². The predicted octanol–water partition coefficient (Wildman–Crippen LogP) is 0.925. The van der Waals surface area contributed by atoms with Crippen LogP contribution in [0.25, 0.3) is 0 Å². The molecular formula is C8H13N3O. The Morgan fingerprint density at radius 1 is 1.50 bits per heavy atom. The number of urea groups is 1. The number of hydrogen-bond donors (Lipinski definition) is 1. The van der Waals surface area contributed by atoms with E-state index in [9.17, 15) is 4.79 Å². The highest BCUT2D eigenvalue weighted by Crippen LogP contribution is 2.28. The normalized spacial score (nSPS) is 35.1. The Kier molecular flexibility index (Phi) is 1.84. The SMILES string of the molecule is NN1C(=O)N=CC2CCCCC21.